The molecule has 0 aliphatic heterocycles. The van der Waals surface area contributed by atoms with E-state index >= 15 is 0 Å². The molecule has 0 aliphatic carbocycles. The molecule has 0 unspecified atom stereocenters. The molecule has 0 saturated carbocycles. The van der Waals surface area contributed by atoms with Crippen LogP contribution in [0, 0.1) is 0 Å². The van der Waals surface area contributed by atoms with Crippen LogP contribution in [0.25, 0.3) is 0 Å². The van der Waals surface area contributed by atoms with E-state index in [1.54, 1.807) is 6.92 Å². The molecule has 0 atom stereocenters. The van der Waals surface area contributed by atoms with E-state index in [-0.39, 0.29) is 17.9 Å². The number of hydrogen-bond acceptors (Lipinski definition) is 3. The molecule has 8 heteroatoms. The van der Waals surface area contributed by atoms with Gasteiger partial charge < -0.3 is 10.6 Å². The van der Waals surface area contributed by atoms with E-state index in [0.717, 1.165) is 0 Å². The van der Waals surface area contributed by atoms with Gasteiger partial charge in [-0.3, -0.25) is 9.48 Å². The van der Waals surface area contributed by atoms with E-state index in [2.05, 4.69) is 5.10 Å². The largest absolute Gasteiger partial charge is 0.406 e. The monoisotopic (exact) mass is 264 g/mol. The number of rotatable bonds is 4. The maximum Gasteiger partial charge on any atom is 0.406 e. The first-order valence-electron chi connectivity index (χ1n) is 5.47. The fourth-order valence-electron chi connectivity index (χ4n) is 1.57. The van der Waals surface area contributed by atoms with Crippen LogP contribution in [0.15, 0.2) is 6.20 Å². The summed E-state index contributed by atoms with van der Waals surface area (Å²) >= 11 is 0. The van der Waals surface area contributed by atoms with Crippen LogP contribution < -0.4 is 5.73 Å². The Morgan fingerprint density at radius 3 is 2.56 bits per heavy atom. The average Bonchev–Trinajstić information content (AvgIpc) is 2.65. The molecule has 1 aromatic rings. The van der Waals surface area contributed by atoms with Crippen molar-refractivity contribution in [2.75, 3.05) is 18.8 Å². The Morgan fingerprint density at radius 1 is 1.50 bits per heavy atom. The molecule has 0 bridgehead atoms. The number of carbonyl (C=O) groups excluding carboxylic acids is 1. The van der Waals surface area contributed by atoms with Crippen molar-refractivity contribution < 1.29 is 18.0 Å². The van der Waals surface area contributed by atoms with Gasteiger partial charge in [0.05, 0.1) is 11.9 Å². The summed E-state index contributed by atoms with van der Waals surface area (Å²) in [7, 11) is 0. The SMILES string of the molecule is CCN(CC(F)(F)F)C(=O)c1c(N)cnn1CC. The summed E-state index contributed by atoms with van der Waals surface area (Å²) in [5, 5.41) is 3.83. The zero-order chi connectivity index (χ0) is 13.9. The summed E-state index contributed by atoms with van der Waals surface area (Å²) in [5.74, 6) is -0.758. The van der Waals surface area contributed by atoms with Gasteiger partial charge in [-0.15, -0.1) is 0 Å². The van der Waals surface area contributed by atoms with Crippen molar-refractivity contribution in [1.82, 2.24) is 14.7 Å². The first-order valence-corrected chi connectivity index (χ1v) is 5.47. The highest BCUT2D eigenvalue weighted by atomic mass is 19.4. The molecule has 18 heavy (non-hydrogen) atoms. The van der Waals surface area contributed by atoms with Gasteiger partial charge in [-0.1, -0.05) is 0 Å². The molecule has 0 radical (unpaired) electrons. The zero-order valence-corrected chi connectivity index (χ0v) is 10.2. The third-order valence-corrected chi connectivity index (χ3v) is 2.41. The second kappa shape index (κ2) is 5.28. The minimum Gasteiger partial charge on any atom is -0.396 e. The summed E-state index contributed by atoms with van der Waals surface area (Å²) in [6, 6.07) is 0. The van der Waals surface area contributed by atoms with Gasteiger partial charge in [0, 0.05) is 13.1 Å². The minimum absolute atomic E-state index is 0.00333. The predicted octanol–water partition coefficient (Wildman–Crippen LogP) is 1.51. The second-order valence-corrected chi connectivity index (χ2v) is 3.70. The molecule has 0 aliphatic rings. The van der Waals surface area contributed by atoms with E-state index in [1.807, 2.05) is 0 Å². The van der Waals surface area contributed by atoms with Crippen molar-refractivity contribution in [1.29, 1.82) is 0 Å². The maximum atomic E-state index is 12.3. The highest BCUT2D eigenvalue weighted by Crippen LogP contribution is 2.20. The Kier molecular flexibility index (Phi) is 4.20. The maximum absolute atomic E-state index is 12.3. The molecule has 0 fully saturated rings. The summed E-state index contributed by atoms with van der Waals surface area (Å²) in [6.45, 7) is 2.22. The van der Waals surface area contributed by atoms with Crippen LogP contribution in [-0.2, 0) is 6.54 Å². The van der Waals surface area contributed by atoms with Crippen molar-refractivity contribution in [2.24, 2.45) is 0 Å². The predicted molar refractivity (Wildman–Crippen MR) is 59.9 cm³/mol. The van der Waals surface area contributed by atoms with E-state index in [0.29, 0.717) is 11.4 Å². The molecule has 5 nitrogen and oxygen atoms in total. The number of alkyl halides is 3. The van der Waals surface area contributed by atoms with Gasteiger partial charge in [-0.2, -0.15) is 18.3 Å². The van der Waals surface area contributed by atoms with Gasteiger partial charge in [0.15, 0.2) is 0 Å². The Labute approximate surface area is 102 Å². The van der Waals surface area contributed by atoms with Gasteiger partial charge in [0.1, 0.15) is 12.2 Å². The number of amides is 1. The summed E-state index contributed by atoms with van der Waals surface area (Å²) in [6.07, 6.45) is -3.17. The Hall–Kier alpha value is -1.73. The molecule has 0 spiro atoms. The zero-order valence-electron chi connectivity index (χ0n) is 10.2. The standard InChI is InChI=1S/C10H15F3N4O/c1-3-16(6-10(11,12)13)9(18)8-7(14)5-15-17(8)4-2/h5H,3-4,6,14H2,1-2H3. The van der Waals surface area contributed by atoms with E-state index in [9.17, 15) is 18.0 Å². The molecule has 102 valence electrons. The first kappa shape index (κ1) is 14.3. The number of anilines is 1. The van der Waals surface area contributed by atoms with Gasteiger partial charge in [-0.05, 0) is 13.8 Å². The van der Waals surface area contributed by atoms with Gasteiger partial charge in [0.25, 0.3) is 5.91 Å². The highest BCUT2D eigenvalue weighted by molar-refractivity contribution is 5.97. The number of nitrogen functional groups attached to an aromatic ring is 1. The lowest BCUT2D eigenvalue weighted by atomic mass is 10.3. The quantitative estimate of drug-likeness (QED) is 0.896. The summed E-state index contributed by atoms with van der Waals surface area (Å²) < 4.78 is 38.3. The lowest BCUT2D eigenvalue weighted by Crippen LogP contribution is -2.40. The van der Waals surface area contributed by atoms with Gasteiger partial charge in [0.2, 0.25) is 0 Å². The number of nitrogens with zero attached hydrogens (tertiary/aromatic N) is 3. The Bertz CT molecular complexity index is 427. The van der Waals surface area contributed by atoms with Crippen LogP contribution in [0.3, 0.4) is 0 Å². The number of aromatic nitrogens is 2. The number of carbonyl (C=O) groups is 1. The van der Waals surface area contributed by atoms with Crippen molar-refractivity contribution >= 4 is 11.6 Å². The lowest BCUT2D eigenvalue weighted by Gasteiger charge is -2.22. The Morgan fingerprint density at radius 2 is 2.11 bits per heavy atom. The van der Waals surface area contributed by atoms with Crippen LogP contribution in [-0.4, -0.2) is 39.9 Å². The molecule has 2 N–H and O–H groups in total. The van der Waals surface area contributed by atoms with Gasteiger partial charge in [-0.25, -0.2) is 0 Å². The van der Waals surface area contributed by atoms with Crippen molar-refractivity contribution in [3.63, 3.8) is 0 Å². The Balaban J connectivity index is 3.00. The summed E-state index contributed by atoms with van der Waals surface area (Å²) in [4.78, 5) is 12.7. The van der Waals surface area contributed by atoms with E-state index in [1.165, 1.54) is 17.8 Å². The molecule has 0 aromatic carbocycles. The summed E-state index contributed by atoms with van der Waals surface area (Å²) in [5.41, 5.74) is 5.65. The van der Waals surface area contributed by atoms with Crippen molar-refractivity contribution in [3.05, 3.63) is 11.9 Å². The van der Waals surface area contributed by atoms with Crippen LogP contribution in [0.1, 0.15) is 24.3 Å². The molecule has 1 heterocycles. The molecule has 1 aromatic heterocycles. The van der Waals surface area contributed by atoms with E-state index in [4.69, 9.17) is 5.73 Å². The molecule has 0 saturated heterocycles. The van der Waals surface area contributed by atoms with Crippen LogP contribution in [0.2, 0.25) is 0 Å². The molecular weight excluding hydrogens is 249 g/mol. The minimum atomic E-state index is -4.43. The third-order valence-electron chi connectivity index (χ3n) is 2.41. The van der Waals surface area contributed by atoms with Crippen LogP contribution in [0.4, 0.5) is 18.9 Å². The molecule has 1 rings (SSSR count). The lowest BCUT2D eigenvalue weighted by molar-refractivity contribution is -0.140. The number of aryl methyl sites for hydroxylation is 1. The average molecular weight is 264 g/mol. The normalized spacial score (nSPS) is 11.6. The molecule has 1 amide bonds. The van der Waals surface area contributed by atoms with Crippen molar-refractivity contribution in [3.8, 4) is 0 Å². The first-order chi connectivity index (χ1) is 8.30. The fourth-order valence-corrected chi connectivity index (χ4v) is 1.57. The third kappa shape index (κ3) is 3.14. The van der Waals surface area contributed by atoms with Crippen LogP contribution >= 0.6 is 0 Å². The van der Waals surface area contributed by atoms with Gasteiger partial charge >= 0.3 is 6.18 Å². The number of hydrogen-bond donors (Lipinski definition) is 1. The topological polar surface area (TPSA) is 64.2 Å². The smallest absolute Gasteiger partial charge is 0.396 e. The second-order valence-electron chi connectivity index (χ2n) is 3.70. The fraction of sp³-hybridized carbons (Fsp3) is 0.600. The van der Waals surface area contributed by atoms with Crippen molar-refractivity contribution in [2.45, 2.75) is 26.6 Å². The highest BCUT2D eigenvalue weighted by Gasteiger charge is 2.34. The molecular formula is C10H15F3N4O. The van der Waals surface area contributed by atoms with E-state index < -0.39 is 18.6 Å². The number of nitrogens with two attached hydrogens (primary N) is 1. The number of halogens is 3. The van der Waals surface area contributed by atoms with Crippen LogP contribution in [0.5, 0.6) is 0 Å².